The Bertz CT molecular complexity index is 995. The molecule has 8 heteroatoms. The molecule has 0 saturated carbocycles. The second kappa shape index (κ2) is 9.53. The van der Waals surface area contributed by atoms with Gasteiger partial charge < -0.3 is 14.6 Å². The number of amides is 1. The molecule has 2 aromatic carbocycles. The summed E-state index contributed by atoms with van der Waals surface area (Å²) < 4.78 is 7.68. The normalized spacial score (nSPS) is 11.4. The largest absolute Gasteiger partial charge is 0.486 e. The number of halogens is 1. The van der Waals surface area contributed by atoms with Crippen molar-refractivity contribution in [3.63, 3.8) is 0 Å². The summed E-state index contributed by atoms with van der Waals surface area (Å²) in [5.74, 6) is 1.57. The predicted octanol–water partition coefficient (Wildman–Crippen LogP) is 5.08. The number of thioether (sulfide) groups is 1. The highest BCUT2D eigenvalue weighted by Gasteiger charge is 2.14. The molecule has 0 unspecified atom stereocenters. The average Bonchev–Trinajstić information content (AvgIpc) is 3.06. The number of hydrogen-bond acceptors (Lipinski definition) is 5. The Balaban J connectivity index is 1.51. The first-order chi connectivity index (χ1) is 14.2. The molecule has 0 spiro atoms. The van der Waals surface area contributed by atoms with Gasteiger partial charge in [-0.15, -0.1) is 10.2 Å². The summed E-state index contributed by atoms with van der Waals surface area (Å²) >= 11 is 7.17. The van der Waals surface area contributed by atoms with Gasteiger partial charge in [-0.1, -0.05) is 56.3 Å². The van der Waals surface area contributed by atoms with Crippen molar-refractivity contribution >= 4 is 35.0 Å². The Labute approximate surface area is 186 Å². The third kappa shape index (κ3) is 6.00. The molecule has 0 aliphatic heterocycles. The van der Waals surface area contributed by atoms with Crippen LogP contribution in [-0.4, -0.2) is 26.4 Å². The van der Waals surface area contributed by atoms with Crippen LogP contribution in [0.1, 0.15) is 32.2 Å². The monoisotopic (exact) mass is 444 g/mol. The summed E-state index contributed by atoms with van der Waals surface area (Å²) in [4.78, 5) is 12.2. The van der Waals surface area contributed by atoms with E-state index in [1.807, 2.05) is 23.7 Å². The van der Waals surface area contributed by atoms with Crippen molar-refractivity contribution in [2.45, 2.75) is 37.9 Å². The molecule has 0 atom stereocenters. The number of rotatable bonds is 7. The lowest BCUT2D eigenvalue weighted by Gasteiger charge is -2.19. The first-order valence-electron chi connectivity index (χ1n) is 9.52. The number of hydrogen-bond donors (Lipinski definition) is 1. The molecule has 30 heavy (non-hydrogen) atoms. The van der Waals surface area contributed by atoms with E-state index in [4.69, 9.17) is 16.3 Å². The summed E-state index contributed by atoms with van der Waals surface area (Å²) in [6, 6.07) is 15.1. The minimum atomic E-state index is -0.123. The SMILES string of the molecule is Cn1c(COc2ccc(C(C)(C)C)cc2)nnc1SCC(=O)Nc1ccc(Cl)cc1. The highest BCUT2D eigenvalue weighted by atomic mass is 35.5. The van der Waals surface area contributed by atoms with E-state index in [9.17, 15) is 4.79 Å². The van der Waals surface area contributed by atoms with Gasteiger partial charge >= 0.3 is 0 Å². The Kier molecular flexibility index (Phi) is 7.05. The standard InChI is InChI=1S/C22H25ClN4O2S/c1-22(2,3)15-5-11-18(12-6-15)29-13-19-25-26-21(27(19)4)30-14-20(28)24-17-9-7-16(23)8-10-17/h5-12H,13-14H2,1-4H3,(H,24,28). The highest BCUT2D eigenvalue weighted by Crippen LogP contribution is 2.25. The maximum atomic E-state index is 12.2. The van der Waals surface area contributed by atoms with Gasteiger partial charge in [-0.25, -0.2) is 0 Å². The Morgan fingerprint density at radius 2 is 1.77 bits per heavy atom. The zero-order valence-electron chi connectivity index (χ0n) is 17.5. The molecular formula is C22H25ClN4O2S. The smallest absolute Gasteiger partial charge is 0.234 e. The lowest BCUT2D eigenvalue weighted by atomic mass is 9.87. The van der Waals surface area contributed by atoms with Crippen LogP contribution in [0.2, 0.25) is 5.02 Å². The number of nitrogens with zero attached hydrogens (tertiary/aromatic N) is 3. The number of ether oxygens (including phenoxy) is 1. The van der Waals surface area contributed by atoms with Crippen molar-refractivity contribution in [3.8, 4) is 5.75 Å². The maximum Gasteiger partial charge on any atom is 0.234 e. The van der Waals surface area contributed by atoms with Crippen molar-refractivity contribution in [2.24, 2.45) is 7.05 Å². The van der Waals surface area contributed by atoms with E-state index < -0.39 is 0 Å². The number of nitrogens with one attached hydrogen (secondary N) is 1. The average molecular weight is 445 g/mol. The van der Waals surface area contributed by atoms with Crippen molar-refractivity contribution in [2.75, 3.05) is 11.1 Å². The quantitative estimate of drug-likeness (QED) is 0.515. The van der Waals surface area contributed by atoms with Crippen molar-refractivity contribution in [3.05, 3.63) is 64.9 Å². The van der Waals surface area contributed by atoms with Crippen LogP contribution in [0.5, 0.6) is 5.75 Å². The molecule has 3 rings (SSSR count). The van der Waals surface area contributed by atoms with Crippen LogP contribution >= 0.6 is 23.4 Å². The van der Waals surface area contributed by atoms with E-state index in [0.717, 1.165) is 5.75 Å². The molecule has 0 bridgehead atoms. The molecule has 1 heterocycles. The number of anilines is 1. The first-order valence-corrected chi connectivity index (χ1v) is 10.9. The molecule has 0 fully saturated rings. The Morgan fingerprint density at radius 3 is 2.40 bits per heavy atom. The number of carbonyl (C=O) groups is 1. The molecule has 0 radical (unpaired) electrons. The van der Waals surface area contributed by atoms with Crippen molar-refractivity contribution in [1.29, 1.82) is 0 Å². The second-order valence-corrected chi connectivity index (χ2v) is 9.24. The van der Waals surface area contributed by atoms with E-state index >= 15 is 0 Å². The molecule has 1 aromatic heterocycles. The van der Waals surface area contributed by atoms with E-state index in [-0.39, 0.29) is 17.1 Å². The van der Waals surface area contributed by atoms with Crippen LogP contribution in [0.15, 0.2) is 53.7 Å². The number of benzene rings is 2. The van der Waals surface area contributed by atoms with Gasteiger partial charge in [0, 0.05) is 17.8 Å². The fourth-order valence-electron chi connectivity index (χ4n) is 2.66. The van der Waals surface area contributed by atoms with E-state index in [1.165, 1.54) is 17.3 Å². The predicted molar refractivity (Wildman–Crippen MR) is 121 cm³/mol. The molecule has 3 aromatic rings. The highest BCUT2D eigenvalue weighted by molar-refractivity contribution is 7.99. The van der Waals surface area contributed by atoms with Gasteiger partial charge in [-0.3, -0.25) is 4.79 Å². The first kappa shape index (κ1) is 22.2. The van der Waals surface area contributed by atoms with Gasteiger partial charge in [0.1, 0.15) is 12.4 Å². The van der Waals surface area contributed by atoms with Crippen LogP contribution in [0.4, 0.5) is 5.69 Å². The van der Waals surface area contributed by atoms with E-state index in [0.29, 0.717) is 28.3 Å². The van der Waals surface area contributed by atoms with Gasteiger partial charge in [0.25, 0.3) is 0 Å². The Morgan fingerprint density at radius 1 is 1.10 bits per heavy atom. The summed E-state index contributed by atoms with van der Waals surface area (Å²) in [6.45, 7) is 6.84. The molecule has 0 saturated heterocycles. The summed E-state index contributed by atoms with van der Waals surface area (Å²) in [6.07, 6.45) is 0. The summed E-state index contributed by atoms with van der Waals surface area (Å²) in [5.41, 5.74) is 2.06. The van der Waals surface area contributed by atoms with E-state index in [2.05, 4.69) is 48.4 Å². The van der Waals surface area contributed by atoms with Crippen LogP contribution in [0, 0.1) is 0 Å². The minimum Gasteiger partial charge on any atom is -0.486 e. The van der Waals surface area contributed by atoms with Gasteiger partial charge in [0.2, 0.25) is 5.91 Å². The third-order valence-electron chi connectivity index (χ3n) is 4.47. The molecular weight excluding hydrogens is 420 g/mol. The van der Waals surface area contributed by atoms with Crippen LogP contribution in [-0.2, 0) is 23.9 Å². The topological polar surface area (TPSA) is 69.0 Å². The molecule has 1 amide bonds. The molecule has 6 nitrogen and oxygen atoms in total. The second-order valence-electron chi connectivity index (χ2n) is 7.86. The van der Waals surface area contributed by atoms with Gasteiger partial charge in [0.05, 0.1) is 5.75 Å². The lowest BCUT2D eigenvalue weighted by Crippen LogP contribution is -2.14. The van der Waals surface area contributed by atoms with Gasteiger partial charge in [-0.2, -0.15) is 0 Å². The molecule has 0 aliphatic rings. The zero-order chi connectivity index (χ0) is 21.7. The fraction of sp³-hybridized carbons (Fsp3) is 0.318. The molecule has 158 valence electrons. The number of aromatic nitrogens is 3. The van der Waals surface area contributed by atoms with Crippen molar-refractivity contribution < 1.29 is 9.53 Å². The van der Waals surface area contributed by atoms with Gasteiger partial charge in [-0.05, 0) is 47.4 Å². The van der Waals surface area contributed by atoms with Crippen molar-refractivity contribution in [1.82, 2.24) is 14.8 Å². The summed E-state index contributed by atoms with van der Waals surface area (Å²) in [7, 11) is 1.86. The third-order valence-corrected chi connectivity index (χ3v) is 5.75. The van der Waals surface area contributed by atoms with Crippen LogP contribution in [0.25, 0.3) is 0 Å². The lowest BCUT2D eigenvalue weighted by molar-refractivity contribution is -0.113. The van der Waals surface area contributed by atoms with Gasteiger partial charge in [0.15, 0.2) is 11.0 Å². The zero-order valence-corrected chi connectivity index (χ0v) is 19.0. The fourth-order valence-corrected chi connectivity index (χ4v) is 3.51. The summed E-state index contributed by atoms with van der Waals surface area (Å²) in [5, 5.41) is 12.5. The molecule has 0 aliphatic carbocycles. The Hall–Kier alpha value is -2.51. The minimum absolute atomic E-state index is 0.105. The molecule has 1 N–H and O–H groups in total. The van der Waals surface area contributed by atoms with Crippen LogP contribution < -0.4 is 10.1 Å². The maximum absolute atomic E-state index is 12.2. The van der Waals surface area contributed by atoms with Crippen LogP contribution in [0.3, 0.4) is 0 Å². The number of carbonyl (C=O) groups excluding carboxylic acids is 1. The van der Waals surface area contributed by atoms with E-state index in [1.54, 1.807) is 24.3 Å².